The average molecular weight is 290 g/mol. The predicted octanol–water partition coefficient (Wildman–Crippen LogP) is 4.36. The molecule has 0 fully saturated rings. The summed E-state index contributed by atoms with van der Waals surface area (Å²) in [4.78, 5) is 3.66. The highest BCUT2D eigenvalue weighted by molar-refractivity contribution is 6.36. The zero-order valence-electron chi connectivity index (χ0n) is 10.3. The van der Waals surface area contributed by atoms with Crippen molar-refractivity contribution in [2.45, 2.75) is 19.7 Å². The van der Waals surface area contributed by atoms with Crippen LogP contribution in [0.4, 0.5) is 13.2 Å². The summed E-state index contributed by atoms with van der Waals surface area (Å²) in [6.45, 7) is 1.69. The minimum Gasteiger partial charge on any atom is -0.380 e. The van der Waals surface area contributed by atoms with Gasteiger partial charge >= 0.3 is 6.18 Å². The molecule has 1 aromatic carbocycles. The van der Waals surface area contributed by atoms with Gasteiger partial charge in [-0.25, -0.2) is 4.98 Å². The second-order valence-electron chi connectivity index (χ2n) is 4.18. The number of fused-ring (bicyclic) bond motifs is 1. The van der Waals surface area contributed by atoms with Crippen LogP contribution in [-0.4, -0.2) is 12.1 Å². The number of hydrogen-bond acceptors (Lipinski definition) is 2. The van der Waals surface area contributed by atoms with Gasteiger partial charge in [-0.2, -0.15) is 13.2 Å². The van der Waals surface area contributed by atoms with Gasteiger partial charge in [0.1, 0.15) is 5.69 Å². The van der Waals surface area contributed by atoms with E-state index < -0.39 is 11.9 Å². The summed E-state index contributed by atoms with van der Waals surface area (Å²) in [5.74, 6) is 0. The summed E-state index contributed by atoms with van der Waals surface area (Å²) in [6.07, 6.45) is -4.51. The fourth-order valence-electron chi connectivity index (χ4n) is 1.90. The molecule has 0 spiro atoms. The van der Waals surface area contributed by atoms with Crippen molar-refractivity contribution in [3.05, 3.63) is 40.0 Å². The lowest BCUT2D eigenvalue weighted by atomic mass is 10.1. The van der Waals surface area contributed by atoms with Crippen LogP contribution < -0.4 is 0 Å². The van der Waals surface area contributed by atoms with Crippen LogP contribution in [0.1, 0.15) is 16.8 Å². The molecule has 6 heteroatoms. The van der Waals surface area contributed by atoms with Crippen LogP contribution in [0.5, 0.6) is 0 Å². The van der Waals surface area contributed by atoms with Gasteiger partial charge in [0.15, 0.2) is 0 Å². The number of aromatic nitrogens is 1. The molecule has 0 aliphatic carbocycles. The van der Waals surface area contributed by atoms with Gasteiger partial charge in [-0.15, -0.1) is 0 Å². The SMILES string of the molecule is COCc1ccc2nc(C(F)(F)F)c(C)c(Cl)c2c1. The molecule has 2 rings (SSSR count). The Balaban J connectivity index is 2.69. The molecule has 0 saturated heterocycles. The first-order valence-corrected chi connectivity index (χ1v) is 5.87. The van der Waals surface area contributed by atoms with Crippen LogP contribution in [0, 0.1) is 6.92 Å². The van der Waals surface area contributed by atoms with Crippen molar-refractivity contribution >= 4 is 22.5 Å². The molecule has 1 aromatic heterocycles. The van der Waals surface area contributed by atoms with Crippen molar-refractivity contribution in [1.82, 2.24) is 4.98 Å². The lowest BCUT2D eigenvalue weighted by Gasteiger charge is -2.13. The molecule has 0 aliphatic rings. The van der Waals surface area contributed by atoms with Crippen molar-refractivity contribution in [2.75, 3.05) is 7.11 Å². The predicted molar refractivity (Wildman–Crippen MR) is 67.2 cm³/mol. The number of alkyl halides is 3. The van der Waals surface area contributed by atoms with E-state index in [0.717, 1.165) is 5.56 Å². The molecule has 0 amide bonds. The maximum Gasteiger partial charge on any atom is 0.433 e. The van der Waals surface area contributed by atoms with Gasteiger partial charge in [-0.3, -0.25) is 0 Å². The highest BCUT2D eigenvalue weighted by Gasteiger charge is 2.35. The average Bonchev–Trinajstić information content (AvgIpc) is 2.33. The van der Waals surface area contributed by atoms with E-state index in [2.05, 4.69) is 4.98 Å². The number of hydrogen-bond donors (Lipinski definition) is 0. The van der Waals surface area contributed by atoms with Crippen molar-refractivity contribution in [2.24, 2.45) is 0 Å². The monoisotopic (exact) mass is 289 g/mol. The van der Waals surface area contributed by atoms with Gasteiger partial charge in [0.05, 0.1) is 17.1 Å². The molecule has 102 valence electrons. The zero-order valence-corrected chi connectivity index (χ0v) is 11.1. The topological polar surface area (TPSA) is 22.1 Å². The Kier molecular flexibility index (Phi) is 3.69. The molecule has 2 nitrogen and oxygen atoms in total. The molecule has 19 heavy (non-hydrogen) atoms. The Labute approximate surface area is 113 Å². The van der Waals surface area contributed by atoms with Crippen molar-refractivity contribution < 1.29 is 17.9 Å². The standard InChI is InChI=1S/C13H11ClF3NO/c1-7-11(14)9-5-8(6-19-2)3-4-10(9)18-12(7)13(15,16)17/h3-5H,6H2,1-2H3. The fourth-order valence-corrected chi connectivity index (χ4v) is 2.14. The second-order valence-corrected chi connectivity index (χ2v) is 4.56. The molecular weight excluding hydrogens is 279 g/mol. The summed E-state index contributed by atoms with van der Waals surface area (Å²) in [7, 11) is 1.54. The maximum absolute atomic E-state index is 12.8. The molecule has 0 saturated carbocycles. The van der Waals surface area contributed by atoms with E-state index in [1.54, 1.807) is 19.2 Å². The van der Waals surface area contributed by atoms with E-state index in [9.17, 15) is 13.2 Å². The fraction of sp³-hybridized carbons (Fsp3) is 0.308. The third kappa shape index (κ3) is 2.67. The molecule has 0 unspecified atom stereocenters. The lowest BCUT2D eigenvalue weighted by Crippen LogP contribution is -2.11. The highest BCUT2D eigenvalue weighted by atomic mass is 35.5. The van der Waals surface area contributed by atoms with Gasteiger partial charge in [-0.05, 0) is 30.2 Å². The van der Waals surface area contributed by atoms with Gasteiger partial charge in [-0.1, -0.05) is 17.7 Å². The largest absolute Gasteiger partial charge is 0.433 e. The van der Waals surface area contributed by atoms with Gasteiger partial charge in [0.2, 0.25) is 0 Å². The molecule has 0 N–H and O–H groups in total. The van der Waals surface area contributed by atoms with Gasteiger partial charge in [0, 0.05) is 12.5 Å². The van der Waals surface area contributed by atoms with E-state index in [-0.39, 0.29) is 16.1 Å². The van der Waals surface area contributed by atoms with E-state index in [0.29, 0.717) is 12.0 Å². The van der Waals surface area contributed by atoms with Crippen LogP contribution >= 0.6 is 11.6 Å². The summed E-state index contributed by atoms with van der Waals surface area (Å²) >= 11 is 6.03. The van der Waals surface area contributed by atoms with Crippen molar-refractivity contribution in [3.63, 3.8) is 0 Å². The second kappa shape index (κ2) is 4.98. The molecule has 1 heterocycles. The number of nitrogens with zero attached hydrogens (tertiary/aromatic N) is 1. The first-order chi connectivity index (χ1) is 8.84. The van der Waals surface area contributed by atoms with Crippen molar-refractivity contribution in [3.8, 4) is 0 Å². The Morgan fingerprint density at radius 3 is 2.58 bits per heavy atom. The summed E-state index contributed by atoms with van der Waals surface area (Å²) in [6, 6.07) is 4.89. The first-order valence-electron chi connectivity index (χ1n) is 5.49. The molecule has 2 aromatic rings. The Hall–Kier alpha value is -1.33. The van der Waals surface area contributed by atoms with Crippen LogP contribution in [-0.2, 0) is 17.5 Å². The first kappa shape index (κ1) is 14.1. The Morgan fingerprint density at radius 2 is 2.00 bits per heavy atom. The molecule has 0 aliphatic heterocycles. The molecule has 0 radical (unpaired) electrons. The van der Waals surface area contributed by atoms with Crippen LogP contribution in [0.25, 0.3) is 10.9 Å². The summed E-state index contributed by atoms with van der Waals surface area (Å²) < 4.78 is 43.4. The zero-order chi connectivity index (χ0) is 14.2. The van der Waals surface area contributed by atoms with Crippen LogP contribution in [0.3, 0.4) is 0 Å². The van der Waals surface area contributed by atoms with E-state index in [1.807, 2.05) is 0 Å². The van der Waals surface area contributed by atoms with Crippen LogP contribution in [0.15, 0.2) is 18.2 Å². The molecule has 0 atom stereocenters. The minimum absolute atomic E-state index is 0.0590. The smallest absolute Gasteiger partial charge is 0.380 e. The van der Waals surface area contributed by atoms with Gasteiger partial charge in [0.25, 0.3) is 0 Å². The third-order valence-electron chi connectivity index (χ3n) is 2.79. The quantitative estimate of drug-likeness (QED) is 0.819. The number of rotatable bonds is 2. The van der Waals surface area contributed by atoms with E-state index in [4.69, 9.17) is 16.3 Å². The summed E-state index contributed by atoms with van der Waals surface area (Å²) in [5, 5.41) is 0.581. The molecule has 0 bridgehead atoms. The number of pyridine rings is 1. The number of benzene rings is 1. The maximum atomic E-state index is 12.8. The van der Waals surface area contributed by atoms with E-state index in [1.165, 1.54) is 13.0 Å². The minimum atomic E-state index is -4.51. The van der Waals surface area contributed by atoms with Crippen molar-refractivity contribution in [1.29, 1.82) is 0 Å². The summed E-state index contributed by atoms with van der Waals surface area (Å²) in [5.41, 5.74) is 0.0568. The third-order valence-corrected chi connectivity index (χ3v) is 3.28. The lowest BCUT2D eigenvalue weighted by molar-refractivity contribution is -0.141. The number of ether oxygens (including phenoxy) is 1. The molecular formula is C13H11ClF3NO. The normalized spacial score (nSPS) is 12.1. The number of halogens is 4. The van der Waals surface area contributed by atoms with Crippen LogP contribution in [0.2, 0.25) is 5.02 Å². The Bertz CT molecular complexity index is 625. The Morgan fingerprint density at radius 1 is 1.32 bits per heavy atom. The number of methoxy groups -OCH3 is 1. The van der Waals surface area contributed by atoms with E-state index >= 15 is 0 Å². The van der Waals surface area contributed by atoms with Gasteiger partial charge < -0.3 is 4.74 Å². The highest BCUT2D eigenvalue weighted by Crippen LogP contribution is 2.36.